The summed E-state index contributed by atoms with van der Waals surface area (Å²) in [5.41, 5.74) is 5.33. The molecule has 0 aromatic heterocycles. The number of likely N-dealkylation sites (tertiary alicyclic amines) is 2. The van der Waals surface area contributed by atoms with E-state index in [1.807, 2.05) is 0 Å². The number of urea groups is 1. The van der Waals surface area contributed by atoms with Gasteiger partial charge in [0.2, 0.25) is 0 Å². The van der Waals surface area contributed by atoms with Crippen molar-refractivity contribution in [2.75, 3.05) is 39.4 Å². The maximum atomic E-state index is 11.1. The maximum absolute atomic E-state index is 11.1. The summed E-state index contributed by atoms with van der Waals surface area (Å²) in [6, 6.07) is 0.441. The van der Waals surface area contributed by atoms with E-state index in [1.54, 1.807) is 4.90 Å². The molecule has 0 spiro atoms. The molecule has 0 atom stereocenters. The molecule has 0 radical (unpaired) electrons. The third-order valence-electron chi connectivity index (χ3n) is 5.23. The second-order valence-corrected chi connectivity index (χ2v) is 6.23. The van der Waals surface area contributed by atoms with Gasteiger partial charge in [-0.1, -0.05) is 0 Å². The highest BCUT2D eigenvalue weighted by molar-refractivity contribution is 5.72. The van der Waals surface area contributed by atoms with E-state index in [1.165, 1.54) is 25.9 Å². The number of nitrogens with two attached hydrogens (primary N) is 1. The summed E-state index contributed by atoms with van der Waals surface area (Å²) >= 11 is 0. The van der Waals surface area contributed by atoms with Crippen molar-refractivity contribution in [2.24, 2.45) is 17.6 Å². The summed E-state index contributed by atoms with van der Waals surface area (Å²) in [5, 5.41) is 0. The van der Waals surface area contributed by atoms with Gasteiger partial charge in [-0.3, -0.25) is 4.90 Å². The van der Waals surface area contributed by atoms with Crippen LogP contribution in [0.5, 0.6) is 0 Å². The number of hydrogen-bond acceptors (Lipinski definition) is 3. The van der Waals surface area contributed by atoms with E-state index in [4.69, 9.17) is 10.5 Å². The monoisotopic (exact) mass is 267 g/mol. The van der Waals surface area contributed by atoms with Crippen molar-refractivity contribution in [3.8, 4) is 0 Å². The number of amides is 2. The molecule has 0 aromatic carbocycles. The van der Waals surface area contributed by atoms with Crippen LogP contribution >= 0.6 is 0 Å². The van der Waals surface area contributed by atoms with E-state index in [-0.39, 0.29) is 6.03 Å². The summed E-state index contributed by atoms with van der Waals surface area (Å²) in [5.74, 6) is 1.66. The summed E-state index contributed by atoms with van der Waals surface area (Å²) in [4.78, 5) is 15.5. The van der Waals surface area contributed by atoms with E-state index < -0.39 is 0 Å². The predicted octanol–water partition coefficient (Wildman–Crippen LogP) is 0.888. The van der Waals surface area contributed by atoms with Crippen molar-refractivity contribution in [3.63, 3.8) is 0 Å². The molecule has 3 aliphatic heterocycles. The molecule has 3 aliphatic rings. The largest absolute Gasteiger partial charge is 0.378 e. The Kier molecular flexibility index (Phi) is 3.93. The minimum absolute atomic E-state index is 0.252. The molecule has 0 aliphatic carbocycles. The Bertz CT molecular complexity index is 317. The molecule has 5 nitrogen and oxygen atoms in total. The van der Waals surface area contributed by atoms with E-state index >= 15 is 0 Å². The van der Waals surface area contributed by atoms with Gasteiger partial charge in [0.15, 0.2) is 0 Å². The molecule has 2 N–H and O–H groups in total. The van der Waals surface area contributed by atoms with Crippen LogP contribution in [0.15, 0.2) is 0 Å². The fourth-order valence-corrected chi connectivity index (χ4v) is 3.78. The third-order valence-corrected chi connectivity index (χ3v) is 5.23. The zero-order chi connectivity index (χ0) is 13.2. The predicted molar refractivity (Wildman–Crippen MR) is 72.8 cm³/mol. The molecule has 3 rings (SSSR count). The molecular formula is C14H25N3O2. The minimum Gasteiger partial charge on any atom is -0.378 e. The van der Waals surface area contributed by atoms with Gasteiger partial charge in [0.25, 0.3) is 0 Å². The molecule has 3 fully saturated rings. The standard InChI is InChI=1S/C14H25N3O2/c15-14(18)17-7-3-12(4-8-17)11-1-5-16(6-2-11)13-9-19-10-13/h11-13H,1-10H2,(H2,15,18). The molecule has 2 amide bonds. The van der Waals surface area contributed by atoms with Crippen LogP contribution in [0, 0.1) is 11.8 Å². The zero-order valence-electron chi connectivity index (χ0n) is 11.6. The normalized spacial score (nSPS) is 28.3. The SMILES string of the molecule is NC(=O)N1CCC(C2CCN(C3COC3)CC2)CC1. The van der Waals surface area contributed by atoms with Crippen molar-refractivity contribution < 1.29 is 9.53 Å². The van der Waals surface area contributed by atoms with Gasteiger partial charge in [-0.25, -0.2) is 4.79 Å². The lowest BCUT2D eigenvalue weighted by Crippen LogP contribution is -2.52. The number of piperidine rings is 2. The average molecular weight is 267 g/mol. The molecule has 108 valence electrons. The van der Waals surface area contributed by atoms with Crippen LogP contribution in [0.2, 0.25) is 0 Å². The first-order valence-electron chi connectivity index (χ1n) is 7.60. The molecule has 3 heterocycles. The van der Waals surface area contributed by atoms with Crippen molar-refractivity contribution in [3.05, 3.63) is 0 Å². The van der Waals surface area contributed by atoms with Gasteiger partial charge in [-0.2, -0.15) is 0 Å². The van der Waals surface area contributed by atoms with Gasteiger partial charge in [0.05, 0.1) is 19.3 Å². The number of carbonyl (C=O) groups excluding carboxylic acids is 1. The number of nitrogens with zero attached hydrogens (tertiary/aromatic N) is 2. The fourth-order valence-electron chi connectivity index (χ4n) is 3.78. The van der Waals surface area contributed by atoms with Crippen LogP contribution in [0.3, 0.4) is 0 Å². The van der Waals surface area contributed by atoms with Crippen LogP contribution < -0.4 is 5.73 Å². The zero-order valence-corrected chi connectivity index (χ0v) is 11.6. The van der Waals surface area contributed by atoms with Gasteiger partial charge >= 0.3 is 6.03 Å². The van der Waals surface area contributed by atoms with Gasteiger partial charge in [0, 0.05) is 13.1 Å². The van der Waals surface area contributed by atoms with Crippen LogP contribution in [0.25, 0.3) is 0 Å². The summed E-state index contributed by atoms with van der Waals surface area (Å²) in [6.07, 6.45) is 4.91. The Morgan fingerprint density at radius 3 is 1.89 bits per heavy atom. The first-order chi connectivity index (χ1) is 9.24. The molecule has 0 aromatic rings. The third kappa shape index (κ3) is 2.87. The second-order valence-electron chi connectivity index (χ2n) is 6.23. The van der Waals surface area contributed by atoms with Gasteiger partial charge in [0.1, 0.15) is 0 Å². The molecule has 0 saturated carbocycles. The summed E-state index contributed by atoms with van der Waals surface area (Å²) in [6.45, 7) is 6.04. The highest BCUT2D eigenvalue weighted by atomic mass is 16.5. The lowest BCUT2D eigenvalue weighted by atomic mass is 9.78. The van der Waals surface area contributed by atoms with Gasteiger partial charge < -0.3 is 15.4 Å². The lowest BCUT2D eigenvalue weighted by Gasteiger charge is -2.44. The summed E-state index contributed by atoms with van der Waals surface area (Å²) < 4.78 is 5.27. The quantitative estimate of drug-likeness (QED) is 0.808. The van der Waals surface area contributed by atoms with Crippen molar-refractivity contribution in [2.45, 2.75) is 31.7 Å². The Balaban J connectivity index is 1.43. The number of primary amides is 1. The first-order valence-corrected chi connectivity index (χ1v) is 7.60. The molecule has 0 unspecified atom stereocenters. The maximum Gasteiger partial charge on any atom is 0.314 e. The Morgan fingerprint density at radius 2 is 1.47 bits per heavy atom. The molecule has 5 heteroatoms. The topological polar surface area (TPSA) is 58.8 Å². The van der Waals surface area contributed by atoms with Crippen molar-refractivity contribution in [1.29, 1.82) is 0 Å². The van der Waals surface area contributed by atoms with Crippen molar-refractivity contribution in [1.82, 2.24) is 9.80 Å². The number of carbonyl (C=O) groups is 1. The van der Waals surface area contributed by atoms with Crippen LogP contribution in [0.4, 0.5) is 4.79 Å². The van der Waals surface area contributed by atoms with E-state index in [0.717, 1.165) is 51.0 Å². The molecule has 0 bridgehead atoms. The van der Waals surface area contributed by atoms with Crippen LogP contribution in [0.1, 0.15) is 25.7 Å². The van der Waals surface area contributed by atoms with Crippen LogP contribution in [-0.4, -0.2) is 61.3 Å². The van der Waals surface area contributed by atoms with Gasteiger partial charge in [-0.15, -0.1) is 0 Å². The number of hydrogen-bond donors (Lipinski definition) is 1. The first kappa shape index (κ1) is 13.2. The van der Waals surface area contributed by atoms with Gasteiger partial charge in [-0.05, 0) is 50.6 Å². The number of ether oxygens (including phenoxy) is 1. The second kappa shape index (κ2) is 5.67. The smallest absolute Gasteiger partial charge is 0.314 e. The minimum atomic E-state index is -0.252. The summed E-state index contributed by atoms with van der Waals surface area (Å²) in [7, 11) is 0. The molecule has 19 heavy (non-hydrogen) atoms. The lowest BCUT2D eigenvalue weighted by molar-refractivity contribution is -0.0767. The van der Waals surface area contributed by atoms with E-state index in [0.29, 0.717) is 6.04 Å². The highest BCUT2D eigenvalue weighted by Crippen LogP contribution is 2.33. The Labute approximate surface area is 115 Å². The van der Waals surface area contributed by atoms with E-state index in [9.17, 15) is 4.79 Å². The van der Waals surface area contributed by atoms with Crippen molar-refractivity contribution >= 4 is 6.03 Å². The van der Waals surface area contributed by atoms with E-state index in [2.05, 4.69) is 4.90 Å². The molecular weight excluding hydrogens is 242 g/mol. The Hall–Kier alpha value is -0.810. The Morgan fingerprint density at radius 1 is 0.947 bits per heavy atom. The fraction of sp³-hybridized carbons (Fsp3) is 0.929. The average Bonchev–Trinajstić information content (AvgIpc) is 2.38. The number of rotatable bonds is 2. The highest BCUT2D eigenvalue weighted by Gasteiger charge is 2.33. The molecule has 3 saturated heterocycles. The van der Waals surface area contributed by atoms with Crippen LogP contribution in [-0.2, 0) is 4.74 Å².